The number of rotatable bonds is 8. The van der Waals surface area contributed by atoms with Crippen molar-refractivity contribution in [2.24, 2.45) is 0 Å². The van der Waals surface area contributed by atoms with E-state index >= 15 is 0 Å². The second-order valence-electron chi connectivity index (χ2n) is 5.32. The molecule has 114 valence electrons. The molecule has 0 radical (unpaired) electrons. The molecule has 21 heavy (non-hydrogen) atoms. The first-order chi connectivity index (χ1) is 10.2. The summed E-state index contributed by atoms with van der Waals surface area (Å²) in [6.45, 7) is 7.52. The average molecular weight is 289 g/mol. The molecule has 0 aliphatic carbocycles. The lowest BCUT2D eigenvalue weighted by atomic mass is 10.2. The molecule has 1 heterocycles. The van der Waals surface area contributed by atoms with E-state index in [2.05, 4.69) is 48.4 Å². The van der Waals surface area contributed by atoms with Crippen LogP contribution in [0.1, 0.15) is 44.5 Å². The Balaban J connectivity index is 1.82. The first-order valence-corrected chi connectivity index (χ1v) is 7.44. The SMILES string of the molecule is CCCc1noc(COc2ccc(CNC(C)C)cc2)n1. The molecular weight excluding hydrogens is 266 g/mol. The van der Waals surface area contributed by atoms with Crippen LogP contribution in [0.15, 0.2) is 28.8 Å². The minimum Gasteiger partial charge on any atom is -0.484 e. The molecule has 0 aliphatic rings. The molecule has 0 atom stereocenters. The third kappa shape index (κ3) is 5.19. The molecule has 0 spiro atoms. The minimum atomic E-state index is 0.306. The van der Waals surface area contributed by atoms with Gasteiger partial charge in [-0.25, -0.2) is 0 Å². The lowest BCUT2D eigenvalue weighted by molar-refractivity contribution is 0.242. The van der Waals surface area contributed by atoms with Gasteiger partial charge in [-0.1, -0.05) is 38.1 Å². The summed E-state index contributed by atoms with van der Waals surface area (Å²) in [5.41, 5.74) is 1.24. The monoisotopic (exact) mass is 289 g/mol. The summed E-state index contributed by atoms with van der Waals surface area (Å²) in [6, 6.07) is 8.51. The van der Waals surface area contributed by atoms with Crippen LogP contribution in [0, 0.1) is 0 Å². The second-order valence-corrected chi connectivity index (χ2v) is 5.32. The van der Waals surface area contributed by atoms with Gasteiger partial charge >= 0.3 is 0 Å². The van der Waals surface area contributed by atoms with Gasteiger partial charge in [0.25, 0.3) is 5.89 Å². The van der Waals surface area contributed by atoms with Crippen molar-refractivity contribution in [3.63, 3.8) is 0 Å². The van der Waals surface area contributed by atoms with Crippen molar-refractivity contribution in [1.82, 2.24) is 15.5 Å². The van der Waals surface area contributed by atoms with Crippen molar-refractivity contribution in [2.75, 3.05) is 0 Å². The molecule has 2 rings (SSSR count). The number of aromatic nitrogens is 2. The van der Waals surface area contributed by atoms with Gasteiger partial charge in [-0.05, 0) is 24.1 Å². The Morgan fingerprint density at radius 2 is 2.00 bits per heavy atom. The predicted molar refractivity (Wildman–Crippen MR) is 81.0 cm³/mol. The van der Waals surface area contributed by atoms with Crippen LogP contribution >= 0.6 is 0 Å². The van der Waals surface area contributed by atoms with Gasteiger partial charge < -0.3 is 14.6 Å². The molecular formula is C16H23N3O2. The van der Waals surface area contributed by atoms with Crippen molar-refractivity contribution >= 4 is 0 Å². The third-order valence-electron chi connectivity index (χ3n) is 2.98. The Labute approximate surface area is 125 Å². The fourth-order valence-electron chi connectivity index (χ4n) is 1.84. The first kappa shape index (κ1) is 15.5. The van der Waals surface area contributed by atoms with E-state index in [1.807, 2.05) is 12.1 Å². The fourth-order valence-corrected chi connectivity index (χ4v) is 1.84. The summed E-state index contributed by atoms with van der Waals surface area (Å²) in [5.74, 6) is 2.06. The lowest BCUT2D eigenvalue weighted by Crippen LogP contribution is -2.21. The van der Waals surface area contributed by atoms with Crippen LogP contribution in [-0.2, 0) is 19.6 Å². The fraction of sp³-hybridized carbons (Fsp3) is 0.500. The van der Waals surface area contributed by atoms with E-state index in [1.54, 1.807) is 0 Å². The predicted octanol–water partition coefficient (Wildman–Crippen LogP) is 3.10. The molecule has 0 unspecified atom stereocenters. The number of hydrogen-bond donors (Lipinski definition) is 1. The van der Waals surface area contributed by atoms with Crippen molar-refractivity contribution in [3.8, 4) is 5.75 Å². The third-order valence-corrected chi connectivity index (χ3v) is 2.98. The highest BCUT2D eigenvalue weighted by Gasteiger charge is 2.06. The van der Waals surface area contributed by atoms with Crippen LogP contribution in [0.25, 0.3) is 0 Å². The molecule has 1 aromatic carbocycles. The average Bonchev–Trinajstić information content (AvgIpc) is 2.92. The van der Waals surface area contributed by atoms with Gasteiger partial charge in [0, 0.05) is 19.0 Å². The molecule has 0 saturated heterocycles. The maximum absolute atomic E-state index is 5.65. The highest BCUT2D eigenvalue weighted by molar-refractivity contribution is 5.27. The zero-order valence-electron chi connectivity index (χ0n) is 12.9. The first-order valence-electron chi connectivity index (χ1n) is 7.44. The summed E-state index contributed by atoms with van der Waals surface area (Å²) in [4.78, 5) is 4.27. The second kappa shape index (κ2) is 7.78. The van der Waals surface area contributed by atoms with Crippen molar-refractivity contribution in [2.45, 2.75) is 52.8 Å². The van der Waals surface area contributed by atoms with Crippen molar-refractivity contribution < 1.29 is 9.26 Å². The molecule has 0 aliphatic heterocycles. The molecule has 0 saturated carbocycles. The van der Waals surface area contributed by atoms with E-state index in [0.717, 1.165) is 31.0 Å². The molecule has 1 N–H and O–H groups in total. The zero-order chi connectivity index (χ0) is 15.1. The summed E-state index contributed by atoms with van der Waals surface area (Å²) in [6.07, 6.45) is 1.84. The van der Waals surface area contributed by atoms with E-state index in [9.17, 15) is 0 Å². The van der Waals surface area contributed by atoms with Crippen LogP contribution < -0.4 is 10.1 Å². The van der Waals surface area contributed by atoms with Crippen LogP contribution in [0.4, 0.5) is 0 Å². The van der Waals surface area contributed by atoms with E-state index in [1.165, 1.54) is 5.56 Å². The Hall–Kier alpha value is -1.88. The minimum absolute atomic E-state index is 0.306. The number of nitrogens with one attached hydrogen (secondary N) is 1. The molecule has 5 heteroatoms. The molecule has 2 aromatic rings. The molecule has 0 amide bonds. The van der Waals surface area contributed by atoms with Gasteiger partial charge in [0.2, 0.25) is 0 Å². The summed E-state index contributed by atoms with van der Waals surface area (Å²) in [5, 5.41) is 7.28. The highest BCUT2D eigenvalue weighted by Crippen LogP contribution is 2.14. The van der Waals surface area contributed by atoms with Crippen molar-refractivity contribution in [1.29, 1.82) is 0 Å². The summed E-state index contributed by atoms with van der Waals surface area (Å²) < 4.78 is 10.8. The highest BCUT2D eigenvalue weighted by atomic mass is 16.5. The van der Waals surface area contributed by atoms with Gasteiger partial charge in [0.05, 0.1) is 0 Å². The van der Waals surface area contributed by atoms with E-state index in [0.29, 0.717) is 18.5 Å². The maximum atomic E-state index is 5.65. The molecule has 0 bridgehead atoms. The number of nitrogens with zero attached hydrogens (tertiary/aromatic N) is 2. The normalized spacial score (nSPS) is 11.0. The number of aryl methyl sites for hydroxylation is 1. The molecule has 5 nitrogen and oxygen atoms in total. The number of ether oxygens (including phenoxy) is 1. The Bertz CT molecular complexity index is 535. The maximum Gasteiger partial charge on any atom is 0.264 e. The standard InChI is InChI=1S/C16H23N3O2/c1-4-5-15-18-16(21-19-15)11-20-14-8-6-13(7-9-14)10-17-12(2)3/h6-9,12,17H,4-5,10-11H2,1-3H3. The van der Waals surface area contributed by atoms with Gasteiger partial charge in [-0.15, -0.1) is 0 Å². The lowest BCUT2D eigenvalue weighted by Gasteiger charge is -2.09. The van der Waals surface area contributed by atoms with E-state index in [-0.39, 0.29) is 0 Å². The van der Waals surface area contributed by atoms with Crippen molar-refractivity contribution in [3.05, 3.63) is 41.5 Å². The molecule has 0 fully saturated rings. The summed E-state index contributed by atoms with van der Waals surface area (Å²) in [7, 11) is 0. The van der Waals surface area contributed by atoms with Crippen LogP contribution in [0.3, 0.4) is 0 Å². The Morgan fingerprint density at radius 3 is 2.67 bits per heavy atom. The van der Waals surface area contributed by atoms with E-state index < -0.39 is 0 Å². The number of benzene rings is 1. The van der Waals surface area contributed by atoms with Gasteiger partial charge in [0.1, 0.15) is 5.75 Å². The summed E-state index contributed by atoms with van der Waals surface area (Å²) >= 11 is 0. The van der Waals surface area contributed by atoms with Crippen LogP contribution in [-0.4, -0.2) is 16.2 Å². The number of hydrogen-bond acceptors (Lipinski definition) is 5. The van der Waals surface area contributed by atoms with Gasteiger partial charge in [0.15, 0.2) is 12.4 Å². The Kier molecular flexibility index (Phi) is 5.75. The van der Waals surface area contributed by atoms with Gasteiger partial charge in [-0.3, -0.25) is 0 Å². The van der Waals surface area contributed by atoms with Crippen LogP contribution in [0.5, 0.6) is 5.75 Å². The van der Waals surface area contributed by atoms with Crippen LogP contribution in [0.2, 0.25) is 0 Å². The Morgan fingerprint density at radius 1 is 1.24 bits per heavy atom. The smallest absolute Gasteiger partial charge is 0.264 e. The topological polar surface area (TPSA) is 60.2 Å². The van der Waals surface area contributed by atoms with E-state index in [4.69, 9.17) is 9.26 Å². The zero-order valence-corrected chi connectivity index (χ0v) is 12.9. The quantitative estimate of drug-likeness (QED) is 0.809. The molecule has 1 aromatic heterocycles. The largest absolute Gasteiger partial charge is 0.484 e. The van der Waals surface area contributed by atoms with Gasteiger partial charge in [-0.2, -0.15) is 4.98 Å².